The van der Waals surface area contributed by atoms with E-state index in [-0.39, 0.29) is 5.91 Å². The van der Waals surface area contributed by atoms with E-state index in [4.69, 9.17) is 0 Å². The van der Waals surface area contributed by atoms with Gasteiger partial charge < -0.3 is 4.74 Å². The third-order valence-corrected chi connectivity index (χ3v) is 1.65. The van der Waals surface area contributed by atoms with E-state index < -0.39 is 11.5 Å². The molecule has 1 fully saturated rings. The Morgan fingerprint density at radius 1 is 1.50 bits per heavy atom. The fraction of sp³-hybridized carbons (Fsp3) is 0.750. The van der Waals surface area contributed by atoms with Gasteiger partial charge >= 0.3 is 6.09 Å². The van der Waals surface area contributed by atoms with Crippen LogP contribution in [0.25, 0.3) is 0 Å². The number of hydrogen-bond donors (Lipinski definition) is 0. The third-order valence-electron chi connectivity index (χ3n) is 1.65. The van der Waals surface area contributed by atoms with Crippen molar-refractivity contribution in [2.24, 2.45) is 5.41 Å². The number of hydrogen-bond acceptors (Lipinski definition) is 3. The van der Waals surface area contributed by atoms with Gasteiger partial charge in [0.1, 0.15) is 6.61 Å². The lowest BCUT2D eigenvalue weighted by Gasteiger charge is -2.21. The van der Waals surface area contributed by atoms with E-state index in [9.17, 15) is 9.59 Å². The van der Waals surface area contributed by atoms with Crippen LogP contribution < -0.4 is 0 Å². The summed E-state index contributed by atoms with van der Waals surface area (Å²) in [6.45, 7) is 6.04. The average molecular weight is 171 g/mol. The summed E-state index contributed by atoms with van der Waals surface area (Å²) in [6.07, 6.45) is -0.519. The number of imide groups is 1. The summed E-state index contributed by atoms with van der Waals surface area (Å²) in [5.74, 6) is -0.176. The first-order valence-electron chi connectivity index (χ1n) is 3.91. The zero-order chi connectivity index (χ0) is 9.35. The van der Waals surface area contributed by atoms with Crippen LogP contribution in [0.4, 0.5) is 4.79 Å². The van der Waals surface area contributed by atoms with Crippen molar-refractivity contribution in [1.82, 2.24) is 4.90 Å². The van der Waals surface area contributed by atoms with Crippen LogP contribution in [0.5, 0.6) is 0 Å². The predicted octanol–water partition coefficient (Wildman–Crippen LogP) is 1.01. The van der Waals surface area contributed by atoms with Crippen LogP contribution in [-0.4, -0.2) is 30.1 Å². The molecule has 1 heterocycles. The van der Waals surface area contributed by atoms with E-state index in [0.29, 0.717) is 13.2 Å². The second kappa shape index (κ2) is 2.77. The Balaban J connectivity index is 2.71. The molecular formula is C8H13NO3. The summed E-state index contributed by atoms with van der Waals surface area (Å²) in [4.78, 5) is 23.6. The smallest absolute Gasteiger partial charge is 0.416 e. The van der Waals surface area contributed by atoms with Crippen LogP contribution >= 0.6 is 0 Å². The van der Waals surface area contributed by atoms with Gasteiger partial charge in [0.15, 0.2) is 0 Å². The van der Waals surface area contributed by atoms with Gasteiger partial charge in [0.25, 0.3) is 0 Å². The topological polar surface area (TPSA) is 46.6 Å². The lowest BCUT2D eigenvalue weighted by atomic mass is 9.95. The lowest BCUT2D eigenvalue weighted by Crippen LogP contribution is -2.39. The number of cyclic esters (lactones) is 1. The molecule has 4 nitrogen and oxygen atoms in total. The van der Waals surface area contributed by atoms with Gasteiger partial charge in [-0.3, -0.25) is 4.79 Å². The van der Waals surface area contributed by atoms with E-state index in [2.05, 4.69) is 4.74 Å². The molecule has 1 rings (SSSR count). The van der Waals surface area contributed by atoms with Gasteiger partial charge in [0, 0.05) is 5.41 Å². The van der Waals surface area contributed by atoms with Gasteiger partial charge in [-0.2, -0.15) is 0 Å². The van der Waals surface area contributed by atoms with Gasteiger partial charge in [-0.05, 0) is 0 Å². The first-order chi connectivity index (χ1) is 5.43. The maximum Gasteiger partial charge on any atom is 0.416 e. The van der Waals surface area contributed by atoms with Crippen molar-refractivity contribution in [3.05, 3.63) is 0 Å². The highest BCUT2D eigenvalue weighted by Gasteiger charge is 2.35. The minimum absolute atomic E-state index is 0.176. The molecule has 68 valence electrons. The Labute approximate surface area is 71.5 Å². The Kier molecular flexibility index (Phi) is 2.08. The summed E-state index contributed by atoms with van der Waals surface area (Å²) in [7, 11) is 0. The molecule has 0 spiro atoms. The molecule has 0 unspecified atom stereocenters. The van der Waals surface area contributed by atoms with Crippen LogP contribution in [0.1, 0.15) is 20.8 Å². The second-order valence-electron chi connectivity index (χ2n) is 3.82. The highest BCUT2D eigenvalue weighted by Crippen LogP contribution is 2.19. The van der Waals surface area contributed by atoms with Crippen LogP contribution in [0.2, 0.25) is 0 Å². The minimum atomic E-state index is -0.519. The monoisotopic (exact) mass is 171 g/mol. The molecule has 0 bridgehead atoms. The second-order valence-corrected chi connectivity index (χ2v) is 3.82. The number of carbonyl (C=O) groups is 2. The Bertz CT molecular complexity index is 217. The van der Waals surface area contributed by atoms with Crippen LogP contribution in [-0.2, 0) is 9.53 Å². The van der Waals surface area contributed by atoms with E-state index in [1.807, 2.05) is 0 Å². The molecule has 4 heteroatoms. The lowest BCUT2D eigenvalue weighted by molar-refractivity contribution is -0.135. The van der Waals surface area contributed by atoms with Crippen molar-refractivity contribution in [2.45, 2.75) is 20.8 Å². The third kappa shape index (κ3) is 1.57. The zero-order valence-corrected chi connectivity index (χ0v) is 7.59. The Hall–Kier alpha value is -1.06. The molecule has 2 amide bonds. The molecule has 0 aromatic carbocycles. The molecule has 12 heavy (non-hydrogen) atoms. The van der Waals surface area contributed by atoms with Gasteiger partial charge in [-0.25, -0.2) is 9.69 Å². The average Bonchev–Trinajstić information content (AvgIpc) is 2.31. The van der Waals surface area contributed by atoms with E-state index in [1.165, 1.54) is 0 Å². The van der Waals surface area contributed by atoms with Crippen LogP contribution in [0.3, 0.4) is 0 Å². The van der Waals surface area contributed by atoms with Gasteiger partial charge in [0.05, 0.1) is 6.54 Å². The molecular weight excluding hydrogens is 158 g/mol. The minimum Gasteiger partial charge on any atom is -0.447 e. The maximum atomic E-state index is 11.5. The van der Waals surface area contributed by atoms with Crippen molar-refractivity contribution >= 4 is 12.0 Å². The number of rotatable bonds is 0. The van der Waals surface area contributed by atoms with Gasteiger partial charge in [-0.15, -0.1) is 0 Å². The van der Waals surface area contributed by atoms with Crippen molar-refractivity contribution in [2.75, 3.05) is 13.2 Å². The molecule has 1 aliphatic heterocycles. The summed E-state index contributed by atoms with van der Waals surface area (Å²) in [5.41, 5.74) is -0.511. The standard InChI is InChI=1S/C8H13NO3/c1-8(2,3)6(10)9-4-5-12-7(9)11/h4-5H2,1-3H3. The summed E-state index contributed by atoms with van der Waals surface area (Å²) < 4.78 is 4.65. The first-order valence-corrected chi connectivity index (χ1v) is 3.91. The molecule has 0 atom stereocenters. The molecule has 0 aromatic rings. The van der Waals surface area contributed by atoms with Crippen LogP contribution in [0.15, 0.2) is 0 Å². The Morgan fingerprint density at radius 3 is 2.42 bits per heavy atom. The highest BCUT2D eigenvalue weighted by atomic mass is 16.6. The number of carbonyl (C=O) groups excluding carboxylic acids is 2. The molecule has 0 N–H and O–H groups in total. The number of ether oxygens (including phenoxy) is 1. The Morgan fingerprint density at radius 2 is 2.08 bits per heavy atom. The van der Waals surface area contributed by atoms with Crippen molar-refractivity contribution in [3.63, 3.8) is 0 Å². The SMILES string of the molecule is CC(C)(C)C(=O)N1CCOC1=O. The number of nitrogens with zero attached hydrogens (tertiary/aromatic N) is 1. The first kappa shape index (κ1) is 9.03. The molecule has 0 saturated carbocycles. The van der Waals surface area contributed by atoms with Crippen molar-refractivity contribution in [1.29, 1.82) is 0 Å². The van der Waals surface area contributed by atoms with E-state index in [0.717, 1.165) is 4.90 Å². The van der Waals surface area contributed by atoms with Crippen molar-refractivity contribution in [3.8, 4) is 0 Å². The number of amides is 2. The van der Waals surface area contributed by atoms with Crippen molar-refractivity contribution < 1.29 is 14.3 Å². The van der Waals surface area contributed by atoms with Gasteiger partial charge in [-0.1, -0.05) is 20.8 Å². The fourth-order valence-corrected chi connectivity index (χ4v) is 0.983. The molecule has 0 aromatic heterocycles. The van der Waals surface area contributed by atoms with E-state index >= 15 is 0 Å². The van der Waals surface area contributed by atoms with Crippen LogP contribution in [0, 0.1) is 5.41 Å². The normalized spacial score (nSPS) is 17.9. The largest absolute Gasteiger partial charge is 0.447 e. The zero-order valence-electron chi connectivity index (χ0n) is 7.59. The summed E-state index contributed by atoms with van der Waals surface area (Å²) in [5, 5.41) is 0. The van der Waals surface area contributed by atoms with Gasteiger partial charge in [0.2, 0.25) is 5.91 Å². The fourth-order valence-electron chi connectivity index (χ4n) is 0.983. The quantitative estimate of drug-likeness (QED) is 0.546. The highest BCUT2D eigenvalue weighted by molar-refractivity contribution is 5.95. The van der Waals surface area contributed by atoms with E-state index in [1.54, 1.807) is 20.8 Å². The summed E-state index contributed by atoms with van der Waals surface area (Å²) >= 11 is 0. The molecule has 0 radical (unpaired) electrons. The predicted molar refractivity (Wildman–Crippen MR) is 42.5 cm³/mol. The summed E-state index contributed by atoms with van der Waals surface area (Å²) in [6, 6.07) is 0. The maximum absolute atomic E-state index is 11.5. The molecule has 1 saturated heterocycles. The molecule has 1 aliphatic rings. The molecule has 0 aliphatic carbocycles.